The summed E-state index contributed by atoms with van der Waals surface area (Å²) in [6.07, 6.45) is 5.41. The summed E-state index contributed by atoms with van der Waals surface area (Å²) in [6, 6.07) is 6.15. The fourth-order valence-corrected chi connectivity index (χ4v) is 4.49. The molecule has 0 radical (unpaired) electrons. The van der Waals surface area contributed by atoms with Gasteiger partial charge in [0.2, 0.25) is 0 Å². The molecule has 128 valence electrons. The van der Waals surface area contributed by atoms with Gasteiger partial charge in [-0.2, -0.15) is 0 Å². The molecule has 2 aromatic rings. The number of morpholine rings is 1. The van der Waals surface area contributed by atoms with Gasteiger partial charge >= 0.3 is 0 Å². The molecular formula is C18H23N3O2S. The SMILES string of the molecule is O=C(c1cc[nH]c1)N1CCC2(CC1)CN(Cc1cccs1)CCO2. The van der Waals surface area contributed by atoms with Crippen molar-refractivity contribution in [2.45, 2.75) is 25.0 Å². The van der Waals surface area contributed by atoms with Crippen LogP contribution in [0, 0.1) is 0 Å². The van der Waals surface area contributed by atoms with Crippen LogP contribution in [0.3, 0.4) is 0 Å². The number of carbonyl (C=O) groups is 1. The maximum atomic E-state index is 12.5. The first-order valence-electron chi connectivity index (χ1n) is 8.55. The smallest absolute Gasteiger partial charge is 0.255 e. The minimum absolute atomic E-state index is 0.0789. The summed E-state index contributed by atoms with van der Waals surface area (Å²) >= 11 is 1.82. The molecule has 0 atom stereocenters. The van der Waals surface area contributed by atoms with Crippen LogP contribution in [0.15, 0.2) is 36.0 Å². The lowest BCUT2D eigenvalue weighted by atomic mass is 9.89. The van der Waals surface area contributed by atoms with Gasteiger partial charge in [0.1, 0.15) is 0 Å². The first-order chi connectivity index (χ1) is 11.7. The third-order valence-electron chi connectivity index (χ3n) is 5.09. The van der Waals surface area contributed by atoms with Gasteiger partial charge in [-0.25, -0.2) is 0 Å². The van der Waals surface area contributed by atoms with E-state index in [1.807, 2.05) is 22.3 Å². The number of aromatic nitrogens is 1. The summed E-state index contributed by atoms with van der Waals surface area (Å²) in [5.74, 6) is 0.123. The second kappa shape index (κ2) is 6.70. The van der Waals surface area contributed by atoms with E-state index in [0.717, 1.165) is 57.7 Å². The number of H-pyrrole nitrogens is 1. The Labute approximate surface area is 146 Å². The highest BCUT2D eigenvalue weighted by Crippen LogP contribution is 2.31. The highest BCUT2D eigenvalue weighted by atomic mass is 32.1. The number of rotatable bonds is 3. The molecule has 0 bridgehead atoms. The summed E-state index contributed by atoms with van der Waals surface area (Å²) in [7, 11) is 0. The summed E-state index contributed by atoms with van der Waals surface area (Å²) in [5, 5.41) is 2.14. The van der Waals surface area contributed by atoms with E-state index in [4.69, 9.17) is 4.74 Å². The molecule has 24 heavy (non-hydrogen) atoms. The number of nitrogens with zero attached hydrogens (tertiary/aromatic N) is 2. The summed E-state index contributed by atoms with van der Waals surface area (Å²) < 4.78 is 6.19. The van der Waals surface area contributed by atoms with Gasteiger partial charge in [-0.3, -0.25) is 9.69 Å². The number of likely N-dealkylation sites (tertiary alicyclic amines) is 1. The van der Waals surface area contributed by atoms with Crippen molar-refractivity contribution in [2.75, 3.05) is 32.8 Å². The highest BCUT2D eigenvalue weighted by molar-refractivity contribution is 7.09. The van der Waals surface area contributed by atoms with Gasteiger partial charge in [-0.1, -0.05) is 6.07 Å². The molecule has 2 aliphatic heterocycles. The topological polar surface area (TPSA) is 48.6 Å². The number of piperidine rings is 1. The fraction of sp³-hybridized carbons (Fsp3) is 0.500. The second-order valence-corrected chi connectivity index (χ2v) is 7.75. The lowest BCUT2D eigenvalue weighted by molar-refractivity contribution is -0.134. The van der Waals surface area contributed by atoms with E-state index in [0.29, 0.717) is 0 Å². The molecule has 0 saturated carbocycles. The molecule has 0 aromatic carbocycles. The zero-order valence-electron chi connectivity index (χ0n) is 13.7. The fourth-order valence-electron chi connectivity index (χ4n) is 3.74. The molecule has 5 nitrogen and oxygen atoms in total. The van der Waals surface area contributed by atoms with E-state index in [2.05, 4.69) is 27.4 Å². The minimum Gasteiger partial charge on any atom is -0.372 e. The normalized spacial score (nSPS) is 21.2. The number of nitrogens with one attached hydrogen (secondary N) is 1. The van der Waals surface area contributed by atoms with Crippen molar-refractivity contribution in [3.63, 3.8) is 0 Å². The Morgan fingerprint density at radius 2 is 2.17 bits per heavy atom. The van der Waals surface area contributed by atoms with E-state index in [1.54, 1.807) is 12.4 Å². The second-order valence-electron chi connectivity index (χ2n) is 6.71. The quantitative estimate of drug-likeness (QED) is 0.930. The molecular weight excluding hydrogens is 322 g/mol. The van der Waals surface area contributed by atoms with Crippen LogP contribution >= 0.6 is 11.3 Å². The number of thiophene rings is 1. The van der Waals surface area contributed by atoms with Crippen LogP contribution in [0.2, 0.25) is 0 Å². The average Bonchev–Trinajstić information content (AvgIpc) is 3.29. The minimum atomic E-state index is -0.0789. The average molecular weight is 345 g/mol. The Morgan fingerprint density at radius 1 is 1.29 bits per heavy atom. The molecule has 1 amide bonds. The highest BCUT2D eigenvalue weighted by Gasteiger charge is 2.40. The molecule has 4 heterocycles. The first kappa shape index (κ1) is 15.9. The molecule has 6 heteroatoms. The molecule has 2 saturated heterocycles. The van der Waals surface area contributed by atoms with Gasteiger partial charge in [0.05, 0.1) is 17.8 Å². The van der Waals surface area contributed by atoms with Gasteiger partial charge < -0.3 is 14.6 Å². The number of hydrogen-bond acceptors (Lipinski definition) is 4. The monoisotopic (exact) mass is 345 g/mol. The van der Waals surface area contributed by atoms with Crippen molar-refractivity contribution in [2.24, 2.45) is 0 Å². The third-order valence-corrected chi connectivity index (χ3v) is 5.96. The zero-order chi connectivity index (χ0) is 16.4. The Hall–Kier alpha value is -1.63. The van der Waals surface area contributed by atoms with E-state index in [-0.39, 0.29) is 11.5 Å². The van der Waals surface area contributed by atoms with Crippen LogP contribution in [0.1, 0.15) is 28.1 Å². The standard InChI is InChI=1S/C18H23N3O2S/c22-17(15-3-6-19-12-15)21-7-4-18(5-8-21)14-20(9-10-23-18)13-16-2-1-11-24-16/h1-3,6,11-12,19H,4-5,7-10,13-14H2. The lowest BCUT2D eigenvalue weighted by Crippen LogP contribution is -2.57. The van der Waals surface area contributed by atoms with Crippen LogP contribution in [0.4, 0.5) is 0 Å². The van der Waals surface area contributed by atoms with Crippen molar-refractivity contribution < 1.29 is 9.53 Å². The van der Waals surface area contributed by atoms with Crippen molar-refractivity contribution in [3.8, 4) is 0 Å². The third kappa shape index (κ3) is 3.27. The van der Waals surface area contributed by atoms with Crippen molar-refractivity contribution in [1.29, 1.82) is 0 Å². The Morgan fingerprint density at radius 3 is 2.88 bits per heavy atom. The van der Waals surface area contributed by atoms with Gasteiger partial charge in [-0.05, 0) is 30.4 Å². The lowest BCUT2D eigenvalue weighted by Gasteiger charge is -2.47. The first-order valence-corrected chi connectivity index (χ1v) is 9.43. The number of ether oxygens (including phenoxy) is 1. The van der Waals surface area contributed by atoms with Gasteiger partial charge in [0.25, 0.3) is 5.91 Å². The van der Waals surface area contributed by atoms with Crippen LogP contribution in [0.5, 0.6) is 0 Å². The maximum Gasteiger partial charge on any atom is 0.255 e. The Bertz CT molecular complexity index is 661. The van der Waals surface area contributed by atoms with Crippen LogP contribution in [-0.2, 0) is 11.3 Å². The summed E-state index contributed by atoms with van der Waals surface area (Å²) in [4.78, 5) is 21.3. The number of carbonyl (C=O) groups excluding carboxylic acids is 1. The number of hydrogen-bond donors (Lipinski definition) is 1. The molecule has 0 aliphatic carbocycles. The van der Waals surface area contributed by atoms with Gasteiger partial charge in [0.15, 0.2) is 0 Å². The Kier molecular flexibility index (Phi) is 4.43. The van der Waals surface area contributed by atoms with E-state index in [1.165, 1.54) is 4.88 Å². The molecule has 4 rings (SSSR count). The zero-order valence-corrected chi connectivity index (χ0v) is 14.6. The number of amides is 1. The van der Waals surface area contributed by atoms with Crippen LogP contribution in [-0.4, -0.2) is 59.1 Å². The van der Waals surface area contributed by atoms with Crippen molar-refractivity contribution in [3.05, 3.63) is 46.4 Å². The predicted molar refractivity (Wildman–Crippen MR) is 94.2 cm³/mol. The van der Waals surface area contributed by atoms with E-state index in [9.17, 15) is 4.79 Å². The van der Waals surface area contributed by atoms with Crippen molar-refractivity contribution in [1.82, 2.24) is 14.8 Å². The van der Waals surface area contributed by atoms with Gasteiger partial charge in [0, 0.05) is 50.0 Å². The van der Waals surface area contributed by atoms with Crippen molar-refractivity contribution >= 4 is 17.2 Å². The van der Waals surface area contributed by atoms with Crippen LogP contribution in [0.25, 0.3) is 0 Å². The molecule has 1 N–H and O–H groups in total. The van der Waals surface area contributed by atoms with E-state index < -0.39 is 0 Å². The summed E-state index contributed by atoms with van der Waals surface area (Å²) in [6.45, 7) is 5.31. The summed E-state index contributed by atoms with van der Waals surface area (Å²) in [5.41, 5.74) is 0.666. The molecule has 2 aliphatic rings. The molecule has 2 aromatic heterocycles. The number of aromatic amines is 1. The van der Waals surface area contributed by atoms with Gasteiger partial charge in [-0.15, -0.1) is 11.3 Å². The molecule has 2 fully saturated rings. The van der Waals surface area contributed by atoms with E-state index >= 15 is 0 Å². The predicted octanol–water partition coefficient (Wildman–Crippen LogP) is 2.58. The maximum absolute atomic E-state index is 12.5. The molecule has 0 unspecified atom stereocenters. The van der Waals surface area contributed by atoms with Crippen LogP contribution < -0.4 is 0 Å². The largest absolute Gasteiger partial charge is 0.372 e. The Balaban J connectivity index is 1.36. The molecule has 1 spiro atoms.